The molecule has 0 bridgehead atoms. The molecular formula is C23H25ClFN9O. The van der Waals surface area contributed by atoms with Gasteiger partial charge in [0.15, 0.2) is 17.5 Å². The fourth-order valence-corrected chi connectivity index (χ4v) is 5.45. The lowest BCUT2D eigenvalue weighted by molar-refractivity contribution is -0.130. The molecule has 1 spiro atoms. The van der Waals surface area contributed by atoms with Crippen LogP contribution in [0.1, 0.15) is 11.4 Å². The Bertz CT molecular complexity index is 1300. The molecule has 0 N–H and O–H groups in total. The Hall–Kier alpha value is -3.31. The first-order chi connectivity index (χ1) is 16.8. The average Bonchev–Trinajstić information content (AvgIpc) is 3.09. The number of nitrogens with zero attached hydrogens (tertiary/aromatic N) is 9. The van der Waals surface area contributed by atoms with Crippen molar-refractivity contribution in [3.05, 3.63) is 53.0 Å². The molecule has 2 saturated heterocycles. The third-order valence-electron chi connectivity index (χ3n) is 6.95. The summed E-state index contributed by atoms with van der Waals surface area (Å²) in [6, 6.07) is 5.80. The minimum Gasteiger partial charge on any atom is -0.353 e. The number of hydrogen-bond acceptors (Lipinski definition) is 8. The first-order valence-electron chi connectivity index (χ1n) is 11.4. The zero-order valence-corrected chi connectivity index (χ0v) is 20.3. The van der Waals surface area contributed by atoms with Gasteiger partial charge in [-0.3, -0.25) is 14.3 Å². The van der Waals surface area contributed by atoms with Crippen LogP contribution in [0.2, 0.25) is 5.02 Å². The highest BCUT2D eigenvalue weighted by Crippen LogP contribution is 2.44. The van der Waals surface area contributed by atoms with Crippen LogP contribution >= 0.6 is 11.6 Å². The summed E-state index contributed by atoms with van der Waals surface area (Å²) in [5, 5.41) is 9.69. The van der Waals surface area contributed by atoms with Crippen molar-refractivity contribution in [1.29, 1.82) is 0 Å². The molecule has 1 aromatic carbocycles. The summed E-state index contributed by atoms with van der Waals surface area (Å²) in [7, 11) is 3.51. The first-order valence-corrected chi connectivity index (χ1v) is 11.8. The second kappa shape index (κ2) is 8.13. The van der Waals surface area contributed by atoms with Crippen molar-refractivity contribution in [1.82, 2.24) is 34.5 Å². The number of rotatable bonds is 4. The second-order valence-electron chi connectivity index (χ2n) is 9.86. The van der Waals surface area contributed by atoms with Crippen molar-refractivity contribution in [2.24, 2.45) is 5.41 Å². The first kappa shape index (κ1) is 22.2. The maximum atomic E-state index is 14.0. The van der Waals surface area contributed by atoms with E-state index in [4.69, 9.17) is 11.6 Å². The van der Waals surface area contributed by atoms with Gasteiger partial charge in [0.05, 0.1) is 25.0 Å². The Morgan fingerprint density at radius 1 is 1.14 bits per heavy atom. The molecule has 2 fully saturated rings. The number of carbonyl (C=O) groups is 1. The standard InChI is InChI=1S/C23H25ClFN9O/c1-30(2)20(35)9-31-7-15-5-16(24)3-4-18(15)34-19(8-31)28-29-22(34)33-12-23(13-33)10-32(11-23)21-17(25)6-26-14-27-21/h3-6,14H,7-13H2,1-2H3. The molecule has 0 radical (unpaired) electrons. The van der Waals surface area contributed by atoms with E-state index in [2.05, 4.69) is 34.5 Å². The summed E-state index contributed by atoms with van der Waals surface area (Å²) in [6.45, 7) is 4.46. The molecule has 3 aliphatic heterocycles. The maximum Gasteiger partial charge on any atom is 0.236 e. The number of fused-ring (bicyclic) bond motifs is 3. The van der Waals surface area contributed by atoms with Crippen LogP contribution in [-0.2, 0) is 17.9 Å². The van der Waals surface area contributed by atoms with Gasteiger partial charge >= 0.3 is 0 Å². The lowest BCUT2D eigenvalue weighted by atomic mass is 9.73. The fourth-order valence-electron chi connectivity index (χ4n) is 5.26. The lowest BCUT2D eigenvalue weighted by Crippen LogP contribution is -2.73. The zero-order valence-electron chi connectivity index (χ0n) is 19.5. The predicted octanol–water partition coefficient (Wildman–Crippen LogP) is 1.58. The van der Waals surface area contributed by atoms with E-state index in [1.807, 2.05) is 23.1 Å². The number of likely N-dealkylation sites (N-methyl/N-ethyl adjacent to an activating group) is 1. The Balaban J connectivity index is 1.24. The summed E-state index contributed by atoms with van der Waals surface area (Å²) in [4.78, 5) is 28.1. The summed E-state index contributed by atoms with van der Waals surface area (Å²) in [6.07, 6.45) is 2.58. The Labute approximate surface area is 206 Å². The predicted molar refractivity (Wildman–Crippen MR) is 128 cm³/mol. The summed E-state index contributed by atoms with van der Waals surface area (Å²) in [5.74, 6) is 1.56. The van der Waals surface area contributed by atoms with Crippen LogP contribution in [0.3, 0.4) is 0 Å². The number of benzene rings is 1. The lowest BCUT2D eigenvalue weighted by Gasteiger charge is -2.60. The monoisotopic (exact) mass is 497 g/mol. The number of hydrogen-bond donors (Lipinski definition) is 0. The number of halogens is 2. The van der Waals surface area contributed by atoms with Crippen LogP contribution in [-0.4, -0.2) is 87.3 Å². The van der Waals surface area contributed by atoms with Gasteiger partial charge in [0.1, 0.15) is 6.33 Å². The largest absolute Gasteiger partial charge is 0.353 e. The highest BCUT2D eigenvalue weighted by atomic mass is 35.5. The van der Waals surface area contributed by atoms with Crippen LogP contribution in [0.25, 0.3) is 5.69 Å². The number of carbonyl (C=O) groups excluding carboxylic acids is 1. The average molecular weight is 498 g/mol. The highest BCUT2D eigenvalue weighted by molar-refractivity contribution is 6.30. The van der Waals surface area contributed by atoms with Gasteiger partial charge in [0.2, 0.25) is 11.9 Å². The van der Waals surface area contributed by atoms with E-state index in [0.717, 1.165) is 49.2 Å². The van der Waals surface area contributed by atoms with Crippen LogP contribution in [0.15, 0.2) is 30.7 Å². The number of amides is 1. The second-order valence-corrected chi connectivity index (χ2v) is 10.3. The third kappa shape index (κ3) is 3.79. The SMILES string of the molecule is CN(C)C(=O)CN1Cc2cc(Cl)ccc2-n2c(nnc2N2CC3(CN(c4ncncc4F)C3)C2)C1. The van der Waals surface area contributed by atoms with E-state index in [0.29, 0.717) is 23.9 Å². The molecule has 182 valence electrons. The molecule has 3 aliphatic rings. The summed E-state index contributed by atoms with van der Waals surface area (Å²) >= 11 is 6.33. The van der Waals surface area contributed by atoms with Gasteiger partial charge in [-0.05, 0) is 23.8 Å². The molecule has 0 atom stereocenters. The zero-order chi connectivity index (χ0) is 24.3. The van der Waals surface area contributed by atoms with Gasteiger partial charge in [0, 0.05) is 57.3 Å². The van der Waals surface area contributed by atoms with Gasteiger partial charge in [-0.2, -0.15) is 0 Å². The van der Waals surface area contributed by atoms with E-state index in [9.17, 15) is 9.18 Å². The minimum absolute atomic E-state index is 0.0288. The fraction of sp³-hybridized carbons (Fsp3) is 0.435. The van der Waals surface area contributed by atoms with Crippen molar-refractivity contribution in [2.45, 2.75) is 13.1 Å². The van der Waals surface area contributed by atoms with Crippen molar-refractivity contribution in [2.75, 3.05) is 56.6 Å². The molecular weight excluding hydrogens is 473 g/mol. The number of anilines is 2. The van der Waals surface area contributed by atoms with Gasteiger partial charge in [-0.25, -0.2) is 14.4 Å². The van der Waals surface area contributed by atoms with E-state index < -0.39 is 5.82 Å². The smallest absolute Gasteiger partial charge is 0.236 e. The van der Waals surface area contributed by atoms with E-state index in [1.165, 1.54) is 12.5 Å². The van der Waals surface area contributed by atoms with Crippen LogP contribution in [0, 0.1) is 11.2 Å². The molecule has 0 unspecified atom stereocenters. The minimum atomic E-state index is -0.395. The van der Waals surface area contributed by atoms with Crippen molar-refractivity contribution >= 4 is 29.3 Å². The molecule has 0 aliphatic carbocycles. The number of aromatic nitrogens is 5. The summed E-state index contributed by atoms with van der Waals surface area (Å²) in [5.41, 5.74) is 2.08. The Morgan fingerprint density at radius 3 is 2.66 bits per heavy atom. The van der Waals surface area contributed by atoms with Crippen LogP contribution < -0.4 is 9.80 Å². The van der Waals surface area contributed by atoms with Crippen LogP contribution in [0.5, 0.6) is 0 Å². The van der Waals surface area contributed by atoms with Crippen molar-refractivity contribution in [3.63, 3.8) is 0 Å². The molecule has 5 heterocycles. The van der Waals surface area contributed by atoms with Gasteiger partial charge in [0.25, 0.3) is 0 Å². The molecule has 12 heteroatoms. The highest BCUT2D eigenvalue weighted by Gasteiger charge is 2.54. The molecule has 3 aromatic rings. The molecule has 1 amide bonds. The van der Waals surface area contributed by atoms with Crippen molar-refractivity contribution < 1.29 is 9.18 Å². The van der Waals surface area contributed by atoms with E-state index >= 15 is 0 Å². The van der Waals surface area contributed by atoms with Crippen molar-refractivity contribution in [3.8, 4) is 5.69 Å². The maximum absolute atomic E-state index is 14.0. The third-order valence-corrected chi connectivity index (χ3v) is 7.18. The normalized spacial score (nSPS) is 18.4. The van der Waals surface area contributed by atoms with Crippen LogP contribution in [0.4, 0.5) is 16.2 Å². The van der Waals surface area contributed by atoms with Gasteiger partial charge < -0.3 is 14.7 Å². The Morgan fingerprint density at radius 2 is 1.91 bits per heavy atom. The quantitative estimate of drug-likeness (QED) is 0.537. The molecule has 6 rings (SSSR count). The summed E-state index contributed by atoms with van der Waals surface area (Å²) < 4.78 is 16.1. The Kier molecular flexibility index (Phi) is 5.15. The van der Waals surface area contributed by atoms with Gasteiger partial charge in [-0.1, -0.05) is 11.6 Å². The molecule has 10 nitrogen and oxygen atoms in total. The topological polar surface area (TPSA) is 86.5 Å². The molecule has 0 saturated carbocycles. The van der Waals surface area contributed by atoms with E-state index in [-0.39, 0.29) is 17.9 Å². The molecule has 2 aromatic heterocycles. The molecule has 35 heavy (non-hydrogen) atoms. The van der Waals surface area contributed by atoms with Gasteiger partial charge in [-0.15, -0.1) is 10.2 Å². The van der Waals surface area contributed by atoms with E-state index in [1.54, 1.807) is 19.0 Å².